The van der Waals surface area contributed by atoms with Crippen LogP contribution >= 0.6 is 11.6 Å². The summed E-state index contributed by atoms with van der Waals surface area (Å²) in [6.07, 6.45) is 2.86. The van der Waals surface area contributed by atoms with Gasteiger partial charge in [-0.3, -0.25) is 5.10 Å². The van der Waals surface area contributed by atoms with E-state index in [4.69, 9.17) is 21.3 Å². The zero-order valence-corrected chi connectivity index (χ0v) is 22.1. The van der Waals surface area contributed by atoms with Crippen LogP contribution in [0.2, 0.25) is 5.15 Å². The van der Waals surface area contributed by atoms with Gasteiger partial charge in [-0.1, -0.05) is 43.5 Å². The number of alkyl carbamates (subject to hydrolysis) is 1. The van der Waals surface area contributed by atoms with Gasteiger partial charge in [-0.25, -0.2) is 18.7 Å². The molecule has 4 aromatic rings. The van der Waals surface area contributed by atoms with Crippen LogP contribution in [0.5, 0.6) is 0 Å². The van der Waals surface area contributed by atoms with E-state index in [1.807, 2.05) is 6.07 Å². The number of benzene rings is 1. The van der Waals surface area contributed by atoms with Gasteiger partial charge in [0, 0.05) is 35.9 Å². The first kappa shape index (κ1) is 26.4. The van der Waals surface area contributed by atoms with Gasteiger partial charge in [0.2, 0.25) is 0 Å². The Morgan fingerprint density at radius 3 is 3.00 bits per heavy atom. The molecule has 3 atom stereocenters. The molecule has 0 unspecified atom stereocenters. The number of nitrogens with zero attached hydrogens (tertiary/aromatic N) is 5. The maximum absolute atomic E-state index is 15.3. The van der Waals surface area contributed by atoms with Gasteiger partial charge < -0.3 is 15.4 Å². The van der Waals surface area contributed by atoms with E-state index in [9.17, 15) is 10.1 Å². The first-order valence-electron chi connectivity index (χ1n) is 12.9. The van der Waals surface area contributed by atoms with Crippen LogP contribution < -0.4 is 10.6 Å². The van der Waals surface area contributed by atoms with Gasteiger partial charge in [0.15, 0.2) is 16.8 Å². The lowest BCUT2D eigenvalue weighted by atomic mass is 10.0. The van der Waals surface area contributed by atoms with E-state index in [0.717, 1.165) is 24.8 Å². The molecule has 1 saturated carbocycles. The number of carbonyl (C=O) groups is 1. The fourth-order valence-electron chi connectivity index (χ4n) is 4.77. The van der Waals surface area contributed by atoms with Crippen LogP contribution in [-0.2, 0) is 4.74 Å². The molecule has 0 saturated heterocycles. The summed E-state index contributed by atoms with van der Waals surface area (Å²) in [7, 11) is 0. The fraction of sp³-hybridized carbons (Fsp3) is 0.370. The van der Waals surface area contributed by atoms with Gasteiger partial charge in [0.05, 0.1) is 23.5 Å². The number of hydrogen-bond donors (Lipinski definition) is 3. The molecule has 1 amide bonds. The molecule has 0 radical (unpaired) electrons. The summed E-state index contributed by atoms with van der Waals surface area (Å²) in [5.74, 6) is 0.393. The van der Waals surface area contributed by atoms with Crippen molar-refractivity contribution in [1.29, 1.82) is 5.26 Å². The molecule has 202 valence electrons. The Morgan fingerprint density at radius 2 is 2.18 bits per heavy atom. The number of halogens is 2. The van der Waals surface area contributed by atoms with Crippen molar-refractivity contribution in [3.05, 3.63) is 59.0 Å². The molecule has 1 fully saturated rings. The van der Waals surface area contributed by atoms with Crippen molar-refractivity contribution < 1.29 is 13.9 Å². The number of unbranched alkanes of at least 4 members (excludes halogenated alkanes) is 2. The Labute approximate surface area is 229 Å². The Balaban J connectivity index is 1.31. The van der Waals surface area contributed by atoms with E-state index in [-0.39, 0.29) is 5.15 Å². The molecule has 10 nitrogen and oxygen atoms in total. The molecule has 12 heteroatoms. The van der Waals surface area contributed by atoms with Crippen LogP contribution in [0.4, 0.5) is 20.8 Å². The number of ether oxygens (including phenoxy) is 1. The number of H-pyrrole nitrogens is 1. The number of aromatic nitrogens is 5. The summed E-state index contributed by atoms with van der Waals surface area (Å²) in [5, 5.41) is 27.0. The number of hydrogen-bond acceptors (Lipinski definition) is 7. The summed E-state index contributed by atoms with van der Waals surface area (Å²) in [6, 6.07) is 12.6. The zero-order valence-electron chi connectivity index (χ0n) is 21.3. The lowest BCUT2D eigenvalue weighted by molar-refractivity contribution is 0.0568. The van der Waals surface area contributed by atoms with Gasteiger partial charge >= 0.3 is 6.09 Å². The first-order valence-corrected chi connectivity index (χ1v) is 13.3. The predicted molar refractivity (Wildman–Crippen MR) is 145 cm³/mol. The standard InChI is InChI=1S/C27H28ClFN8O2/c1-2-3-4-10-31-27(38)39-22-9-8-18(25(22)29)19-12-24(35-34-19)33-26-21-13-23(28)36-37(21)15-20(32-26)17-7-5-6-16(11-17)14-30/h5-7,11-13,15,18,22,25H,2-4,8-10H2,1H3,(H,31,38)(H2,32,33,34,35)/t18-,22-,25+/m0/s1. The third-order valence-electron chi connectivity index (χ3n) is 6.77. The van der Waals surface area contributed by atoms with Crippen molar-refractivity contribution in [1.82, 2.24) is 30.1 Å². The third-order valence-corrected chi connectivity index (χ3v) is 6.95. The number of alkyl halides is 1. The Morgan fingerprint density at radius 1 is 1.31 bits per heavy atom. The smallest absolute Gasteiger partial charge is 0.407 e. The molecule has 39 heavy (non-hydrogen) atoms. The minimum atomic E-state index is -1.35. The highest BCUT2D eigenvalue weighted by atomic mass is 35.5. The molecular formula is C27H28ClFN8O2. The second kappa shape index (κ2) is 11.7. The van der Waals surface area contributed by atoms with Crippen molar-refractivity contribution in [2.24, 2.45) is 0 Å². The highest BCUT2D eigenvalue weighted by molar-refractivity contribution is 6.29. The topological polar surface area (TPSA) is 133 Å². The molecule has 0 bridgehead atoms. The first-order chi connectivity index (χ1) is 18.9. The Kier molecular flexibility index (Phi) is 7.93. The van der Waals surface area contributed by atoms with Crippen LogP contribution in [0.25, 0.3) is 16.8 Å². The van der Waals surface area contributed by atoms with E-state index >= 15 is 4.39 Å². The number of fused-ring (bicyclic) bond motifs is 1. The SMILES string of the molecule is CCCCCNC(=O)O[C@H]1CC[C@@H](c2cc(Nc3nc(-c4cccc(C#N)c4)cn4nc(Cl)cc34)n[nH]2)[C@H]1F. The molecule has 3 heterocycles. The fourth-order valence-corrected chi connectivity index (χ4v) is 4.96. The maximum atomic E-state index is 15.3. The van der Waals surface area contributed by atoms with Gasteiger partial charge in [0.1, 0.15) is 17.8 Å². The maximum Gasteiger partial charge on any atom is 0.407 e. The van der Waals surface area contributed by atoms with E-state index in [0.29, 0.717) is 53.5 Å². The Hall–Kier alpha value is -4.17. The third kappa shape index (κ3) is 5.96. The van der Waals surface area contributed by atoms with Crippen LogP contribution in [0.1, 0.15) is 56.2 Å². The minimum Gasteiger partial charge on any atom is -0.443 e. The molecule has 3 N–H and O–H groups in total. The average Bonchev–Trinajstić information content (AvgIpc) is 3.65. The Bertz CT molecular complexity index is 1510. The number of carbonyl (C=O) groups excluding carboxylic acids is 1. The second-order valence-electron chi connectivity index (χ2n) is 9.50. The van der Waals surface area contributed by atoms with Crippen molar-refractivity contribution in [3.8, 4) is 17.3 Å². The molecule has 1 aliphatic rings. The molecular weight excluding hydrogens is 523 g/mol. The molecule has 0 spiro atoms. The minimum absolute atomic E-state index is 0.289. The van der Waals surface area contributed by atoms with Crippen LogP contribution in [-0.4, -0.2) is 49.7 Å². The molecule has 3 aromatic heterocycles. The number of nitriles is 1. The normalized spacial score (nSPS) is 18.7. The van der Waals surface area contributed by atoms with Gasteiger partial charge in [0.25, 0.3) is 0 Å². The second-order valence-corrected chi connectivity index (χ2v) is 9.89. The van der Waals surface area contributed by atoms with E-state index in [1.165, 1.54) is 0 Å². The molecule has 1 aliphatic carbocycles. The average molecular weight is 551 g/mol. The highest BCUT2D eigenvalue weighted by Gasteiger charge is 2.40. The molecule has 1 aromatic carbocycles. The quantitative estimate of drug-likeness (QED) is 0.221. The molecule has 0 aliphatic heterocycles. The number of anilines is 2. The van der Waals surface area contributed by atoms with E-state index in [2.05, 4.69) is 38.9 Å². The number of aromatic amines is 1. The zero-order chi connectivity index (χ0) is 27.4. The lowest BCUT2D eigenvalue weighted by Crippen LogP contribution is -2.33. The largest absolute Gasteiger partial charge is 0.443 e. The van der Waals surface area contributed by atoms with Crippen LogP contribution in [0.3, 0.4) is 0 Å². The van der Waals surface area contributed by atoms with Crippen LogP contribution in [0.15, 0.2) is 42.6 Å². The summed E-state index contributed by atoms with van der Waals surface area (Å²) in [6.45, 7) is 2.60. The number of nitrogens with one attached hydrogen (secondary N) is 3. The van der Waals surface area contributed by atoms with Gasteiger partial charge in [-0.2, -0.15) is 15.5 Å². The van der Waals surface area contributed by atoms with Gasteiger partial charge in [-0.05, 0) is 31.4 Å². The monoisotopic (exact) mass is 550 g/mol. The van der Waals surface area contributed by atoms with Gasteiger partial charge in [-0.15, -0.1) is 0 Å². The van der Waals surface area contributed by atoms with Crippen LogP contribution in [0, 0.1) is 11.3 Å². The summed E-state index contributed by atoms with van der Waals surface area (Å²) in [5.41, 5.74) is 3.03. The van der Waals surface area contributed by atoms with E-state index < -0.39 is 24.3 Å². The highest BCUT2D eigenvalue weighted by Crippen LogP contribution is 2.39. The number of rotatable bonds is 9. The number of amides is 1. The summed E-state index contributed by atoms with van der Waals surface area (Å²) in [4.78, 5) is 16.8. The molecule has 5 rings (SSSR count). The van der Waals surface area contributed by atoms with Crippen molar-refractivity contribution in [2.75, 3.05) is 11.9 Å². The predicted octanol–water partition coefficient (Wildman–Crippen LogP) is 5.89. The lowest BCUT2D eigenvalue weighted by Gasteiger charge is -2.17. The van der Waals surface area contributed by atoms with Crippen molar-refractivity contribution in [2.45, 2.75) is 57.2 Å². The van der Waals surface area contributed by atoms with E-state index in [1.54, 1.807) is 41.0 Å². The van der Waals surface area contributed by atoms with Crippen molar-refractivity contribution in [3.63, 3.8) is 0 Å². The van der Waals surface area contributed by atoms with Crippen molar-refractivity contribution >= 4 is 34.8 Å². The summed E-state index contributed by atoms with van der Waals surface area (Å²) >= 11 is 6.17. The summed E-state index contributed by atoms with van der Waals surface area (Å²) < 4.78 is 22.2.